The van der Waals surface area contributed by atoms with Gasteiger partial charge in [0.2, 0.25) is 5.91 Å². The van der Waals surface area contributed by atoms with Crippen LogP contribution in [0.5, 0.6) is 5.75 Å². The Morgan fingerprint density at radius 2 is 2.00 bits per heavy atom. The minimum absolute atomic E-state index is 0.0340. The molecule has 2 aromatic carbocycles. The molecule has 1 N–H and O–H groups in total. The van der Waals surface area contributed by atoms with E-state index >= 15 is 0 Å². The number of anilines is 1. The number of benzene rings is 2. The van der Waals surface area contributed by atoms with Crippen LogP contribution in [-0.4, -0.2) is 26.6 Å². The summed E-state index contributed by atoms with van der Waals surface area (Å²) in [6, 6.07) is 13.7. The number of aryl methyl sites for hydroxylation is 1. The Labute approximate surface area is 154 Å². The monoisotopic (exact) mass is 360 g/mol. The maximum Gasteiger partial charge on any atom is 0.220 e. The summed E-state index contributed by atoms with van der Waals surface area (Å²) >= 11 is 5.92. The fourth-order valence-electron chi connectivity index (χ4n) is 2.42. The van der Waals surface area contributed by atoms with Crippen molar-refractivity contribution in [1.29, 1.82) is 0 Å². The largest absolute Gasteiger partial charge is 0.493 e. The first-order chi connectivity index (χ1) is 12.0. The van der Waals surface area contributed by atoms with Gasteiger partial charge in [-0.1, -0.05) is 23.7 Å². The number of carbonyl (C=O) groups excluding carboxylic acids is 1. The van der Waals surface area contributed by atoms with Gasteiger partial charge < -0.3 is 15.0 Å². The minimum Gasteiger partial charge on any atom is -0.493 e. The van der Waals surface area contributed by atoms with E-state index in [1.165, 1.54) is 0 Å². The third kappa shape index (κ3) is 6.31. The first-order valence-corrected chi connectivity index (χ1v) is 8.75. The summed E-state index contributed by atoms with van der Waals surface area (Å²) in [6.07, 6.45) is 1.12. The number of hydrogen-bond acceptors (Lipinski definition) is 3. The number of rotatable bonds is 8. The van der Waals surface area contributed by atoms with E-state index in [1.807, 2.05) is 56.3 Å². The van der Waals surface area contributed by atoms with E-state index in [9.17, 15) is 4.79 Å². The molecule has 2 rings (SSSR count). The predicted octanol–water partition coefficient (Wildman–Crippen LogP) is 4.19. The normalized spacial score (nSPS) is 10.4. The fraction of sp³-hybridized carbons (Fsp3) is 0.350. The molecule has 0 unspecified atom stereocenters. The Balaban J connectivity index is 1.69. The lowest BCUT2D eigenvalue weighted by Gasteiger charge is -2.14. The summed E-state index contributed by atoms with van der Waals surface area (Å²) in [4.78, 5) is 14.0. The molecule has 5 heteroatoms. The van der Waals surface area contributed by atoms with Gasteiger partial charge in [-0.15, -0.1) is 0 Å². The first kappa shape index (κ1) is 19.1. The van der Waals surface area contributed by atoms with Crippen molar-refractivity contribution in [3.05, 3.63) is 58.6 Å². The maximum atomic E-state index is 12.0. The number of nitrogens with zero attached hydrogens (tertiary/aromatic N) is 1. The number of halogens is 1. The van der Waals surface area contributed by atoms with Crippen molar-refractivity contribution < 1.29 is 9.53 Å². The van der Waals surface area contributed by atoms with Gasteiger partial charge in [-0.2, -0.15) is 0 Å². The molecule has 0 heterocycles. The summed E-state index contributed by atoms with van der Waals surface area (Å²) < 4.78 is 5.70. The van der Waals surface area contributed by atoms with Crippen LogP contribution >= 0.6 is 11.6 Å². The lowest BCUT2D eigenvalue weighted by atomic mass is 10.2. The van der Waals surface area contributed by atoms with Gasteiger partial charge in [0.25, 0.3) is 0 Å². The molecule has 0 bridgehead atoms. The Morgan fingerprint density at radius 1 is 1.20 bits per heavy atom. The molecule has 0 aliphatic carbocycles. The lowest BCUT2D eigenvalue weighted by molar-refractivity contribution is -0.121. The summed E-state index contributed by atoms with van der Waals surface area (Å²) in [5.41, 5.74) is 3.21. The minimum atomic E-state index is 0.0340. The van der Waals surface area contributed by atoms with E-state index < -0.39 is 0 Å². The van der Waals surface area contributed by atoms with Gasteiger partial charge in [0.15, 0.2) is 0 Å². The number of nitrogens with one attached hydrogen (secondary N) is 1. The predicted molar refractivity (Wildman–Crippen MR) is 104 cm³/mol. The van der Waals surface area contributed by atoms with E-state index in [-0.39, 0.29) is 5.91 Å². The van der Waals surface area contributed by atoms with Crippen LogP contribution in [0, 0.1) is 6.92 Å². The molecule has 134 valence electrons. The van der Waals surface area contributed by atoms with Crippen LogP contribution in [0.25, 0.3) is 0 Å². The topological polar surface area (TPSA) is 41.6 Å². The highest BCUT2D eigenvalue weighted by Gasteiger charge is 2.04. The van der Waals surface area contributed by atoms with E-state index in [2.05, 4.69) is 11.4 Å². The quantitative estimate of drug-likeness (QED) is 0.718. The van der Waals surface area contributed by atoms with Crippen molar-refractivity contribution in [2.45, 2.75) is 26.3 Å². The maximum absolute atomic E-state index is 12.0. The summed E-state index contributed by atoms with van der Waals surface area (Å²) in [5, 5.41) is 3.65. The van der Waals surface area contributed by atoms with Gasteiger partial charge in [0.1, 0.15) is 5.75 Å². The average Bonchev–Trinajstić information content (AvgIpc) is 2.58. The van der Waals surface area contributed by atoms with Crippen LogP contribution in [0.15, 0.2) is 42.5 Å². The highest BCUT2D eigenvalue weighted by Crippen LogP contribution is 2.21. The van der Waals surface area contributed by atoms with Crippen LogP contribution < -0.4 is 15.0 Å². The molecule has 0 aromatic heterocycles. The second kappa shape index (κ2) is 9.33. The second-order valence-corrected chi connectivity index (χ2v) is 6.64. The van der Waals surface area contributed by atoms with Gasteiger partial charge in [0.05, 0.1) is 6.61 Å². The van der Waals surface area contributed by atoms with Gasteiger partial charge >= 0.3 is 0 Å². The zero-order chi connectivity index (χ0) is 18.2. The van der Waals surface area contributed by atoms with Gasteiger partial charge in [0, 0.05) is 37.8 Å². The van der Waals surface area contributed by atoms with Crippen LogP contribution in [0.2, 0.25) is 5.02 Å². The van der Waals surface area contributed by atoms with Crippen LogP contribution in [0.1, 0.15) is 24.0 Å². The first-order valence-electron chi connectivity index (χ1n) is 8.37. The van der Waals surface area contributed by atoms with Crippen LogP contribution in [-0.2, 0) is 11.3 Å². The van der Waals surface area contributed by atoms with Crippen molar-refractivity contribution in [2.75, 3.05) is 25.6 Å². The SMILES string of the molecule is Cc1cc(Cl)ccc1OCCCC(=O)NCc1cccc(N(C)C)c1. The Bertz CT molecular complexity index is 717. The van der Waals surface area contributed by atoms with Crippen molar-refractivity contribution in [3.63, 3.8) is 0 Å². The third-order valence-electron chi connectivity index (χ3n) is 3.86. The Kier molecular flexibility index (Phi) is 7.14. The molecule has 0 fully saturated rings. The average molecular weight is 361 g/mol. The zero-order valence-corrected chi connectivity index (χ0v) is 15.8. The highest BCUT2D eigenvalue weighted by molar-refractivity contribution is 6.30. The molecule has 0 saturated heterocycles. The van der Waals surface area contributed by atoms with E-state index in [0.29, 0.717) is 31.0 Å². The van der Waals surface area contributed by atoms with Gasteiger partial charge in [-0.3, -0.25) is 4.79 Å². The number of hydrogen-bond donors (Lipinski definition) is 1. The van der Waals surface area contributed by atoms with Gasteiger partial charge in [-0.25, -0.2) is 0 Å². The van der Waals surface area contributed by atoms with E-state index in [0.717, 1.165) is 22.6 Å². The Hall–Kier alpha value is -2.20. The standard InChI is InChI=1S/C20H25ClN2O2/c1-15-12-17(21)9-10-19(15)25-11-5-8-20(24)22-14-16-6-4-7-18(13-16)23(2)3/h4,6-7,9-10,12-13H,5,8,11,14H2,1-3H3,(H,22,24). The molecule has 0 saturated carbocycles. The number of amides is 1. The molecule has 0 radical (unpaired) electrons. The fourth-order valence-corrected chi connectivity index (χ4v) is 2.65. The third-order valence-corrected chi connectivity index (χ3v) is 4.09. The number of carbonyl (C=O) groups is 1. The second-order valence-electron chi connectivity index (χ2n) is 6.20. The van der Waals surface area contributed by atoms with E-state index in [4.69, 9.17) is 16.3 Å². The van der Waals surface area contributed by atoms with Crippen molar-refractivity contribution in [2.24, 2.45) is 0 Å². The molecule has 4 nitrogen and oxygen atoms in total. The van der Waals surface area contributed by atoms with Crippen molar-refractivity contribution >= 4 is 23.2 Å². The molecular formula is C20H25ClN2O2. The summed E-state index contributed by atoms with van der Waals surface area (Å²) in [5.74, 6) is 0.844. The molecule has 0 aliphatic rings. The molecular weight excluding hydrogens is 336 g/mol. The highest BCUT2D eigenvalue weighted by atomic mass is 35.5. The Morgan fingerprint density at radius 3 is 2.72 bits per heavy atom. The smallest absolute Gasteiger partial charge is 0.220 e. The van der Waals surface area contributed by atoms with Crippen LogP contribution in [0.4, 0.5) is 5.69 Å². The lowest BCUT2D eigenvalue weighted by Crippen LogP contribution is -2.23. The zero-order valence-electron chi connectivity index (χ0n) is 15.0. The molecule has 1 amide bonds. The van der Waals surface area contributed by atoms with Crippen molar-refractivity contribution in [3.8, 4) is 5.75 Å². The molecule has 2 aromatic rings. The van der Waals surface area contributed by atoms with Gasteiger partial charge in [-0.05, 0) is 54.8 Å². The number of ether oxygens (including phenoxy) is 1. The molecule has 0 atom stereocenters. The van der Waals surface area contributed by atoms with Crippen molar-refractivity contribution in [1.82, 2.24) is 5.32 Å². The summed E-state index contributed by atoms with van der Waals surface area (Å²) in [7, 11) is 4.00. The van der Waals surface area contributed by atoms with Crippen LogP contribution in [0.3, 0.4) is 0 Å². The van der Waals surface area contributed by atoms with E-state index in [1.54, 1.807) is 6.07 Å². The molecule has 0 aliphatic heterocycles. The molecule has 25 heavy (non-hydrogen) atoms. The molecule has 0 spiro atoms. The summed E-state index contributed by atoms with van der Waals surface area (Å²) in [6.45, 7) is 3.00.